The zero-order valence-corrected chi connectivity index (χ0v) is 64.4. The molecule has 0 radical (unpaired) electrons. The second kappa shape index (κ2) is 36.0. The molecule has 0 aromatic heterocycles. The van der Waals surface area contributed by atoms with Crippen molar-refractivity contribution >= 4 is 76.4 Å². The Morgan fingerprint density at radius 3 is 1.90 bits per heavy atom. The average molecular weight is 1680 g/mol. The third-order valence-corrected chi connectivity index (χ3v) is 20.8. The van der Waals surface area contributed by atoms with E-state index in [1.807, 2.05) is 0 Å². The van der Waals surface area contributed by atoms with Crippen molar-refractivity contribution < 1.29 is 131 Å². The van der Waals surface area contributed by atoms with Crippen LogP contribution in [0.5, 0.6) is 46.0 Å². The van der Waals surface area contributed by atoms with Gasteiger partial charge in [0.1, 0.15) is 95.5 Å². The van der Waals surface area contributed by atoms with E-state index in [1.165, 1.54) is 33.0 Å². The van der Waals surface area contributed by atoms with Crippen LogP contribution >= 0.6 is 23.2 Å². The second-order valence-corrected chi connectivity index (χ2v) is 30.2. The van der Waals surface area contributed by atoms with Crippen LogP contribution in [0.15, 0.2) is 103 Å². The van der Waals surface area contributed by atoms with Gasteiger partial charge in [0.15, 0.2) is 23.9 Å². The van der Waals surface area contributed by atoms with Gasteiger partial charge in [-0.3, -0.25) is 43.2 Å². The van der Waals surface area contributed by atoms with Crippen LogP contribution in [-0.2, 0) is 58.7 Å². The summed E-state index contributed by atoms with van der Waals surface area (Å²) in [7, 11) is 1.46. The summed E-state index contributed by atoms with van der Waals surface area (Å²) in [5.41, 5.74) is 6.86. The van der Waals surface area contributed by atoms with Gasteiger partial charge < -0.3 is 134 Å². The number of carbonyl (C=O) groups is 9. The molecule has 40 heteroatoms. The number of aromatic hydroxyl groups is 3. The van der Waals surface area contributed by atoms with E-state index >= 15 is 19.2 Å². The van der Waals surface area contributed by atoms with Crippen molar-refractivity contribution in [1.29, 1.82) is 0 Å². The minimum Gasteiger partial charge on any atom is -0.508 e. The lowest BCUT2D eigenvalue weighted by Gasteiger charge is -2.47. The molecule has 0 aliphatic carbocycles. The molecular weight excluding hydrogens is 1590 g/mol. The Morgan fingerprint density at radius 1 is 0.692 bits per heavy atom. The van der Waals surface area contributed by atoms with E-state index in [2.05, 4.69) is 47.9 Å². The highest BCUT2D eigenvalue weighted by molar-refractivity contribution is 6.32. The summed E-state index contributed by atoms with van der Waals surface area (Å²) in [6.45, 7) is 5.04. The number of alkyl halides is 3. The number of nitrogens with two attached hydrogens (primary N) is 2. The van der Waals surface area contributed by atoms with Crippen LogP contribution in [-0.4, -0.2) is 205 Å². The minimum atomic E-state index is -4.69. The highest BCUT2D eigenvalue weighted by Gasteiger charge is 2.52. The molecule has 13 rings (SSSR count). The number of phenolic OH excluding ortho intramolecular Hbond substituents is 3. The molecule has 7 aliphatic heterocycles. The SMILES string of the molecule is CN[C@H](CC(C)C)C(=O)N[C@H]1C(=O)N[C@@H](CC(N)=O)C(=O)NC2C(=O)N[C@H]3C(=O)N[C@H](C(=O)NC(C(=O)NCCCNC(=O)c4ccc(C(F)(F)F)cc4)c4cc(O)cc(O)c4-c4cc3ccc4O)[C@H](O)c3ccc(c(Cl)c3)Oc3cc2cc(c3O[C@@H]2O[C@H](CO)[C@@H](O)[C@H](O)[C@H]2OC2C[C@](C)(N)[C@H](O)[C@H](C)O2)Oc2ccc(cc2Cl)[C@H]1O. The molecule has 9 amide bonds. The molecule has 18 atom stereocenters. The number of halogens is 5. The van der Waals surface area contributed by atoms with Gasteiger partial charge in [0, 0.05) is 47.8 Å². The van der Waals surface area contributed by atoms with Crippen molar-refractivity contribution in [2.45, 2.75) is 169 Å². The van der Waals surface area contributed by atoms with Crippen LogP contribution in [0.1, 0.15) is 127 Å². The lowest BCUT2D eigenvalue weighted by Crippen LogP contribution is -2.64. The third-order valence-electron chi connectivity index (χ3n) is 20.2. The highest BCUT2D eigenvalue weighted by atomic mass is 35.5. The summed E-state index contributed by atoms with van der Waals surface area (Å²) < 4.78 is 78.4. The molecule has 0 saturated carbocycles. The Morgan fingerprint density at radius 2 is 1.30 bits per heavy atom. The van der Waals surface area contributed by atoms with Crippen molar-refractivity contribution in [3.8, 4) is 57.1 Å². The fourth-order valence-electron chi connectivity index (χ4n) is 14.0. The standard InChI is InChI=1S/C77H86Cl2F3N11O24/c1-30(2)19-43(85-5)68(105)92-58-60(99)34-10-15-47(41(78)21-34)113-49-23-36-24-50(64(49)117-75-65(63(102)62(101)51(29-94)115-75)116-53-28-76(4,84)66(103)31(3)112-53)114-48-16-11-35(22-42(48)79)61(100)59-74(111)91-57(70(107)87-18-6-17-86-67(104)32-7-12-37(13-8-32)77(80,81)82)40-25-38(95)26-46(97)54(40)39-20-33(9-14-45(39)96)55(71(108)93-59)90-72(109)56(36)89-69(106)44(27-52(83)98)88-73(58)110/h7-16,20-26,30-31,43-44,51,53,55-63,65-66,75,85,94-97,99-103H,6,17-19,27-29,84H2,1-5H3,(H2,83,98)(H,86,104)(H,87,107)(H,88,110)(H,89,106)(H,90,109)(H,91,111)(H,92,105)(H,93,108)/t31-,43+,44-,51+,53?,55+,56?,57?,58+,59-,60+,61+,62+,63-,65+,66+,75-,76-/m0/s1. The lowest BCUT2D eigenvalue weighted by molar-refractivity contribution is -0.333. The van der Waals surface area contributed by atoms with Crippen molar-refractivity contribution in [1.82, 2.24) is 47.9 Å². The maximum atomic E-state index is 16.3. The smallest absolute Gasteiger partial charge is 0.416 e. The van der Waals surface area contributed by atoms with Crippen LogP contribution in [0.2, 0.25) is 10.0 Å². The Balaban J connectivity index is 1.09. The van der Waals surface area contributed by atoms with Crippen LogP contribution in [0, 0.1) is 5.92 Å². The number of carbonyl (C=O) groups excluding carboxylic acids is 9. The molecule has 6 aromatic carbocycles. The van der Waals surface area contributed by atoms with Gasteiger partial charge in [0.05, 0.1) is 46.9 Å². The summed E-state index contributed by atoms with van der Waals surface area (Å²) in [5.74, 6) is -16.5. The summed E-state index contributed by atoms with van der Waals surface area (Å²) in [6.07, 6.45) is -23.7. The van der Waals surface area contributed by atoms with Gasteiger partial charge in [-0.25, -0.2) is 0 Å². The zero-order valence-electron chi connectivity index (χ0n) is 62.9. The largest absolute Gasteiger partial charge is 0.508 e. The Kier molecular flexibility index (Phi) is 26.8. The monoisotopic (exact) mass is 1680 g/mol. The molecule has 628 valence electrons. The maximum absolute atomic E-state index is 16.3. The molecule has 0 spiro atoms. The van der Waals surface area contributed by atoms with E-state index in [9.17, 15) is 83.1 Å². The Labute approximate surface area is 674 Å². The number of ether oxygens (including phenoxy) is 6. The Hall–Kier alpha value is -10.7. The van der Waals surface area contributed by atoms with E-state index in [0.29, 0.717) is 12.1 Å². The molecule has 6 aromatic rings. The van der Waals surface area contributed by atoms with Gasteiger partial charge in [-0.1, -0.05) is 55.2 Å². The van der Waals surface area contributed by atoms with Crippen LogP contribution in [0.3, 0.4) is 0 Å². The van der Waals surface area contributed by atoms with Crippen LogP contribution < -0.4 is 73.5 Å². The maximum Gasteiger partial charge on any atom is 0.416 e. The van der Waals surface area contributed by atoms with Crippen molar-refractivity contribution in [2.24, 2.45) is 17.4 Å². The molecule has 2 fully saturated rings. The molecule has 3 unspecified atom stereocenters. The van der Waals surface area contributed by atoms with Crippen LogP contribution in [0.4, 0.5) is 13.2 Å². The highest BCUT2D eigenvalue weighted by Crippen LogP contribution is 2.50. The quantitative estimate of drug-likeness (QED) is 0.0547. The predicted molar refractivity (Wildman–Crippen MR) is 403 cm³/mol. The fraction of sp³-hybridized carbons (Fsp3) is 0.416. The summed E-state index contributed by atoms with van der Waals surface area (Å²) in [5, 5.41) is 127. The molecule has 2 saturated heterocycles. The first-order chi connectivity index (χ1) is 55.2. The molecule has 7 heterocycles. The molecule has 117 heavy (non-hydrogen) atoms. The van der Waals surface area contributed by atoms with Gasteiger partial charge in [0.2, 0.25) is 59.3 Å². The van der Waals surface area contributed by atoms with E-state index in [0.717, 1.165) is 78.9 Å². The minimum absolute atomic E-state index is 0.0947. The number of primary amides is 1. The molecule has 7 aliphatic rings. The lowest BCUT2D eigenvalue weighted by atomic mass is 9.86. The summed E-state index contributed by atoms with van der Waals surface area (Å²) in [6, 6.07) is 2.50. The zero-order chi connectivity index (χ0) is 85.1. The first-order valence-corrected chi connectivity index (χ1v) is 37.5. The van der Waals surface area contributed by atoms with E-state index in [1.54, 1.807) is 13.8 Å². The van der Waals surface area contributed by atoms with Gasteiger partial charge in [-0.15, -0.1) is 0 Å². The summed E-state index contributed by atoms with van der Waals surface area (Å²) >= 11 is 14.2. The number of aliphatic hydroxyl groups excluding tert-OH is 6. The first-order valence-electron chi connectivity index (χ1n) is 36.7. The molecule has 35 nitrogen and oxygen atoms in total. The number of likely N-dealkylation sites (N-methyl/N-ethyl adjacent to an activating group) is 1. The topological polar surface area (TPSA) is 551 Å². The average Bonchev–Trinajstić information content (AvgIpc) is 0.767. The van der Waals surface area contributed by atoms with Gasteiger partial charge in [-0.2, -0.15) is 13.2 Å². The number of benzene rings is 6. The number of fused-ring (bicyclic) bond motifs is 15. The van der Waals surface area contributed by atoms with Crippen LogP contribution in [0.25, 0.3) is 11.1 Å². The number of nitrogens with one attached hydrogen (secondary N) is 9. The number of hydrogen-bond acceptors (Lipinski definition) is 26. The molecular formula is C77H86Cl2F3N11O24. The normalized spacial score (nSPS) is 27.1. The number of aliphatic hydroxyl groups is 6. The summed E-state index contributed by atoms with van der Waals surface area (Å²) in [4.78, 5) is 133. The third kappa shape index (κ3) is 19.6. The molecule has 22 N–H and O–H groups in total. The fourth-order valence-corrected chi connectivity index (χ4v) is 14.5. The second-order valence-electron chi connectivity index (χ2n) is 29.4. The van der Waals surface area contributed by atoms with Gasteiger partial charge in [-0.05, 0) is 146 Å². The van der Waals surface area contributed by atoms with Crippen molar-refractivity contribution in [2.75, 3.05) is 26.7 Å². The van der Waals surface area contributed by atoms with Crippen molar-refractivity contribution in [3.05, 3.63) is 152 Å². The number of hydrogen-bond donors (Lipinski definition) is 20. The van der Waals surface area contributed by atoms with E-state index in [4.69, 9.17) is 63.1 Å². The van der Waals surface area contributed by atoms with Gasteiger partial charge in [0.25, 0.3) is 5.91 Å². The first kappa shape index (κ1) is 87.1. The van der Waals surface area contributed by atoms with E-state index in [-0.39, 0.29) is 71.3 Å². The number of rotatable bonds is 18. The van der Waals surface area contributed by atoms with Crippen molar-refractivity contribution in [3.63, 3.8) is 0 Å². The Bertz CT molecular complexity index is 4800. The number of amides is 9. The predicted octanol–water partition coefficient (Wildman–Crippen LogP) is 1.98. The van der Waals surface area contributed by atoms with E-state index < -0.39 is 255 Å². The molecule has 11 bridgehead atoms. The van der Waals surface area contributed by atoms with Gasteiger partial charge >= 0.3 is 6.18 Å². The number of phenols is 3.